The molecule has 0 amide bonds. The van der Waals surface area contributed by atoms with E-state index in [0.29, 0.717) is 34.3 Å². The van der Waals surface area contributed by atoms with E-state index in [0.717, 1.165) is 11.6 Å². The normalized spacial score (nSPS) is 13.0. The van der Waals surface area contributed by atoms with Crippen LogP contribution in [0.15, 0.2) is 83.9 Å². The lowest BCUT2D eigenvalue weighted by Crippen LogP contribution is -2.13. The number of halogens is 3. The van der Waals surface area contributed by atoms with Gasteiger partial charge in [0, 0.05) is 28.9 Å². The van der Waals surface area contributed by atoms with E-state index >= 15 is 0 Å². The number of benzene rings is 3. The maximum atomic E-state index is 13.5. The summed E-state index contributed by atoms with van der Waals surface area (Å²) < 4.78 is 58.2. The molecular weight excluding hydrogens is 515 g/mol. The SMILES string of the molecule is C=S(N)(=O)c1cccc(Nc2ncc(-c3ccc(OCC)cc3)c(NCc3ccccc3C(F)(F)F)n2)c1. The monoisotopic (exact) mass is 541 g/mol. The minimum absolute atomic E-state index is 0.0756. The van der Waals surface area contributed by atoms with Crippen molar-refractivity contribution in [1.82, 2.24) is 9.97 Å². The number of nitrogens with one attached hydrogen (secondary N) is 2. The molecule has 0 saturated heterocycles. The van der Waals surface area contributed by atoms with Crippen molar-refractivity contribution >= 4 is 33.0 Å². The third kappa shape index (κ3) is 6.61. The Balaban J connectivity index is 1.69. The molecule has 11 heteroatoms. The van der Waals surface area contributed by atoms with Gasteiger partial charge in [0.25, 0.3) is 0 Å². The fraction of sp³-hybridized carbons (Fsp3) is 0.148. The summed E-state index contributed by atoms with van der Waals surface area (Å²) in [5.74, 6) is 4.67. The lowest BCUT2D eigenvalue weighted by Gasteiger charge is -2.16. The molecule has 0 bridgehead atoms. The van der Waals surface area contributed by atoms with Gasteiger partial charge in [-0.2, -0.15) is 18.2 Å². The van der Waals surface area contributed by atoms with Gasteiger partial charge in [0.2, 0.25) is 5.95 Å². The van der Waals surface area contributed by atoms with Crippen LogP contribution in [0.2, 0.25) is 0 Å². The van der Waals surface area contributed by atoms with Gasteiger partial charge < -0.3 is 15.4 Å². The summed E-state index contributed by atoms with van der Waals surface area (Å²) in [6.07, 6.45) is -2.92. The standard InChI is InChI=1S/C27H26F3N5O2S/c1-3-37-21-13-11-18(12-14-21)23-17-33-26(34-20-8-6-9-22(15-20)38(2,31)36)35-25(23)32-16-19-7-4-5-10-24(19)27(28,29)30/h4-15,17H,2-3,16H2,1H3,(H2,31,36)(H2,32,33,34,35). The van der Waals surface area contributed by atoms with Crippen LogP contribution < -0.4 is 20.5 Å². The molecule has 0 fully saturated rings. The Morgan fingerprint density at radius 2 is 1.79 bits per heavy atom. The molecule has 4 aromatic rings. The van der Waals surface area contributed by atoms with Crippen LogP contribution in [-0.2, 0) is 22.4 Å². The van der Waals surface area contributed by atoms with Gasteiger partial charge in [0.15, 0.2) is 0 Å². The second kappa shape index (κ2) is 11.1. The first-order valence-electron chi connectivity index (χ1n) is 11.6. The number of alkyl halides is 3. The minimum atomic E-state index is -4.49. The predicted octanol–water partition coefficient (Wildman–Crippen LogP) is 5.87. The van der Waals surface area contributed by atoms with E-state index in [1.54, 1.807) is 48.7 Å². The highest BCUT2D eigenvalue weighted by molar-refractivity contribution is 7.98. The van der Waals surface area contributed by atoms with Gasteiger partial charge in [-0.3, -0.25) is 5.14 Å². The van der Waals surface area contributed by atoms with Crippen molar-refractivity contribution in [3.63, 3.8) is 0 Å². The highest BCUT2D eigenvalue weighted by Gasteiger charge is 2.32. The molecule has 0 spiro atoms. The summed E-state index contributed by atoms with van der Waals surface area (Å²) in [6.45, 7) is 2.28. The number of aromatic nitrogens is 2. The molecule has 0 radical (unpaired) electrons. The lowest BCUT2D eigenvalue weighted by molar-refractivity contribution is -0.138. The molecule has 1 unspecified atom stereocenters. The third-order valence-electron chi connectivity index (χ3n) is 5.52. The van der Waals surface area contributed by atoms with Crippen LogP contribution in [0.25, 0.3) is 11.1 Å². The Bertz CT molecular complexity index is 1520. The molecule has 7 nitrogen and oxygen atoms in total. The minimum Gasteiger partial charge on any atom is -0.494 e. The largest absolute Gasteiger partial charge is 0.494 e. The maximum Gasteiger partial charge on any atom is 0.416 e. The van der Waals surface area contributed by atoms with E-state index < -0.39 is 21.4 Å². The van der Waals surface area contributed by atoms with Gasteiger partial charge in [-0.25, -0.2) is 9.19 Å². The Hall–Kier alpha value is -4.09. The van der Waals surface area contributed by atoms with Crippen molar-refractivity contribution in [3.05, 3.63) is 90.1 Å². The van der Waals surface area contributed by atoms with E-state index in [1.807, 2.05) is 19.1 Å². The van der Waals surface area contributed by atoms with Crippen molar-refractivity contribution in [2.24, 2.45) is 5.14 Å². The number of nitrogens with zero attached hydrogens (tertiary/aromatic N) is 2. The summed E-state index contributed by atoms with van der Waals surface area (Å²) in [5.41, 5.74) is 1.20. The van der Waals surface area contributed by atoms with Crippen LogP contribution in [0.1, 0.15) is 18.1 Å². The molecule has 0 aliphatic carbocycles. The van der Waals surface area contributed by atoms with Gasteiger partial charge in [0.1, 0.15) is 11.6 Å². The molecule has 4 N–H and O–H groups in total. The number of anilines is 3. The first-order valence-corrected chi connectivity index (χ1v) is 13.3. The summed E-state index contributed by atoms with van der Waals surface area (Å²) in [7, 11) is -2.93. The molecule has 38 heavy (non-hydrogen) atoms. The fourth-order valence-electron chi connectivity index (χ4n) is 3.73. The molecular formula is C27H26F3N5O2S. The predicted molar refractivity (Wildman–Crippen MR) is 145 cm³/mol. The molecule has 1 aromatic heterocycles. The lowest BCUT2D eigenvalue weighted by atomic mass is 10.1. The van der Waals surface area contributed by atoms with E-state index in [1.165, 1.54) is 12.1 Å². The van der Waals surface area contributed by atoms with E-state index in [2.05, 4.69) is 26.5 Å². The third-order valence-corrected chi connectivity index (χ3v) is 6.58. The summed E-state index contributed by atoms with van der Waals surface area (Å²) in [4.78, 5) is 9.26. The molecule has 3 aromatic carbocycles. The van der Waals surface area contributed by atoms with Crippen LogP contribution in [0, 0.1) is 0 Å². The second-order valence-corrected chi connectivity index (χ2v) is 10.2. The van der Waals surface area contributed by atoms with Crippen LogP contribution in [-0.4, -0.2) is 26.7 Å². The van der Waals surface area contributed by atoms with Crippen molar-refractivity contribution in [1.29, 1.82) is 0 Å². The Labute approximate surface area is 219 Å². The maximum absolute atomic E-state index is 13.5. The van der Waals surface area contributed by atoms with Crippen molar-refractivity contribution < 1.29 is 22.1 Å². The van der Waals surface area contributed by atoms with Gasteiger partial charge in [-0.1, -0.05) is 36.4 Å². The molecule has 0 aliphatic rings. The zero-order chi connectivity index (χ0) is 27.3. The van der Waals surface area contributed by atoms with Crippen LogP contribution >= 0.6 is 0 Å². The van der Waals surface area contributed by atoms with Crippen molar-refractivity contribution in [2.75, 3.05) is 17.2 Å². The number of rotatable bonds is 9. The average molecular weight is 542 g/mol. The van der Waals surface area contributed by atoms with E-state index in [-0.39, 0.29) is 18.1 Å². The number of hydrogen-bond acceptors (Lipinski definition) is 6. The van der Waals surface area contributed by atoms with Crippen LogP contribution in [0.3, 0.4) is 0 Å². The first-order chi connectivity index (χ1) is 18.0. The van der Waals surface area contributed by atoms with Gasteiger partial charge >= 0.3 is 6.18 Å². The number of nitrogens with two attached hydrogens (primary N) is 1. The quantitative estimate of drug-likeness (QED) is 0.229. The zero-order valence-electron chi connectivity index (χ0n) is 20.5. The van der Waals surface area contributed by atoms with Crippen molar-refractivity contribution in [2.45, 2.75) is 24.5 Å². The molecule has 1 atom stereocenters. The Kier molecular flexibility index (Phi) is 7.88. The van der Waals surface area contributed by atoms with Crippen LogP contribution in [0.4, 0.5) is 30.6 Å². The molecule has 0 aliphatic heterocycles. The van der Waals surface area contributed by atoms with Crippen LogP contribution in [0.5, 0.6) is 5.75 Å². The molecule has 0 saturated carbocycles. The average Bonchev–Trinajstić information content (AvgIpc) is 2.88. The molecule has 198 valence electrons. The topological polar surface area (TPSA) is 102 Å². The summed E-state index contributed by atoms with van der Waals surface area (Å²) in [5, 5.41) is 11.7. The fourth-order valence-corrected chi connectivity index (χ4v) is 4.37. The van der Waals surface area contributed by atoms with Crippen molar-refractivity contribution in [3.8, 4) is 16.9 Å². The Morgan fingerprint density at radius 1 is 1.05 bits per heavy atom. The highest BCUT2D eigenvalue weighted by Crippen LogP contribution is 2.33. The molecule has 1 heterocycles. The Morgan fingerprint density at radius 3 is 2.47 bits per heavy atom. The smallest absolute Gasteiger partial charge is 0.416 e. The van der Waals surface area contributed by atoms with Gasteiger partial charge in [-0.05, 0) is 60.3 Å². The number of hydrogen-bond donors (Lipinski definition) is 3. The zero-order valence-corrected chi connectivity index (χ0v) is 21.3. The second-order valence-electron chi connectivity index (χ2n) is 8.30. The number of ether oxygens (including phenoxy) is 1. The summed E-state index contributed by atoms with van der Waals surface area (Å²) in [6, 6.07) is 19.1. The highest BCUT2D eigenvalue weighted by atomic mass is 32.2. The molecule has 4 rings (SSSR count). The van der Waals surface area contributed by atoms with E-state index in [9.17, 15) is 17.4 Å². The van der Waals surface area contributed by atoms with Gasteiger partial charge in [0.05, 0.1) is 21.9 Å². The van der Waals surface area contributed by atoms with Gasteiger partial charge in [-0.15, -0.1) is 0 Å². The summed E-state index contributed by atoms with van der Waals surface area (Å²) >= 11 is 0. The van der Waals surface area contributed by atoms with E-state index in [4.69, 9.17) is 9.88 Å². The first kappa shape index (κ1) is 27.0.